The Kier molecular flexibility index (Phi) is 3.76. The summed E-state index contributed by atoms with van der Waals surface area (Å²) >= 11 is 2.84. The number of carbonyl (C=O) groups excluding carboxylic acids is 1. The number of hydrogen-bond acceptors (Lipinski definition) is 3. The van der Waals surface area contributed by atoms with Gasteiger partial charge in [-0.3, -0.25) is 9.59 Å². The van der Waals surface area contributed by atoms with E-state index in [9.17, 15) is 22.8 Å². The molecule has 0 fully saturated rings. The van der Waals surface area contributed by atoms with E-state index in [1.165, 1.54) is 5.32 Å². The predicted molar refractivity (Wildman–Crippen MR) is 52.2 cm³/mol. The molecular formula is C7H5BrF3N3O3. The number of anilines is 1. The third-order valence-corrected chi connectivity index (χ3v) is 2.15. The van der Waals surface area contributed by atoms with Gasteiger partial charge in [-0.1, -0.05) is 0 Å². The number of aromatic nitrogens is 2. The number of carboxylic acids is 1. The van der Waals surface area contributed by atoms with E-state index < -0.39 is 24.6 Å². The van der Waals surface area contributed by atoms with Gasteiger partial charge in [0.1, 0.15) is 12.4 Å². The number of aliphatic carboxylic acids is 1. The normalized spacial score (nSPS) is 11.3. The fourth-order valence-electron chi connectivity index (χ4n) is 0.913. The molecule has 0 saturated carbocycles. The third kappa shape index (κ3) is 3.44. The standard InChI is InChI=1S/C7H5BrF3N3O3/c8-3-1-12-14(2-4(15)16)5(3)13-6(17)7(9,10)11/h1H,2H2,(H,13,17)(H,15,16). The van der Waals surface area contributed by atoms with Crippen LogP contribution in [0.15, 0.2) is 10.7 Å². The lowest BCUT2D eigenvalue weighted by molar-refractivity contribution is -0.167. The minimum absolute atomic E-state index is 0.0522. The smallest absolute Gasteiger partial charge is 0.471 e. The summed E-state index contributed by atoms with van der Waals surface area (Å²) in [5.41, 5.74) is 0. The highest BCUT2D eigenvalue weighted by Gasteiger charge is 2.39. The first-order chi connectivity index (χ1) is 7.71. The highest BCUT2D eigenvalue weighted by molar-refractivity contribution is 9.10. The topological polar surface area (TPSA) is 84.2 Å². The van der Waals surface area contributed by atoms with Gasteiger partial charge in [-0.15, -0.1) is 0 Å². The van der Waals surface area contributed by atoms with Crippen LogP contribution in [0.4, 0.5) is 19.0 Å². The molecule has 10 heteroatoms. The lowest BCUT2D eigenvalue weighted by atomic mass is 10.5. The van der Waals surface area contributed by atoms with Crippen molar-refractivity contribution in [1.29, 1.82) is 0 Å². The molecule has 1 aromatic rings. The molecule has 0 aliphatic rings. The first-order valence-corrected chi connectivity index (χ1v) is 4.82. The van der Waals surface area contributed by atoms with Crippen molar-refractivity contribution in [3.63, 3.8) is 0 Å². The molecule has 0 saturated heterocycles. The van der Waals surface area contributed by atoms with Crippen LogP contribution in [-0.4, -0.2) is 32.9 Å². The second-order valence-corrected chi connectivity index (χ2v) is 3.70. The monoisotopic (exact) mass is 315 g/mol. The SMILES string of the molecule is O=C(O)Cn1ncc(Br)c1NC(=O)C(F)(F)F. The van der Waals surface area contributed by atoms with Crippen LogP contribution in [0.2, 0.25) is 0 Å². The maximum absolute atomic E-state index is 12.0. The number of nitrogens with zero attached hydrogens (tertiary/aromatic N) is 2. The van der Waals surface area contributed by atoms with Crippen LogP contribution in [0.3, 0.4) is 0 Å². The molecular weight excluding hydrogens is 311 g/mol. The summed E-state index contributed by atoms with van der Waals surface area (Å²) in [5, 5.41) is 13.5. The Bertz CT molecular complexity index is 457. The number of rotatable bonds is 3. The molecule has 0 spiro atoms. The van der Waals surface area contributed by atoms with E-state index in [4.69, 9.17) is 5.11 Å². The Labute approximate surface area is 101 Å². The Balaban J connectivity index is 2.94. The van der Waals surface area contributed by atoms with Crippen LogP contribution >= 0.6 is 15.9 Å². The van der Waals surface area contributed by atoms with E-state index in [0.717, 1.165) is 10.9 Å². The first kappa shape index (κ1) is 13.5. The summed E-state index contributed by atoms with van der Waals surface area (Å²) in [6.07, 6.45) is -3.98. The fourth-order valence-corrected chi connectivity index (χ4v) is 1.31. The van der Waals surface area contributed by atoms with Crippen molar-refractivity contribution in [1.82, 2.24) is 9.78 Å². The Morgan fingerprint density at radius 3 is 2.59 bits per heavy atom. The summed E-state index contributed by atoms with van der Waals surface area (Å²) in [4.78, 5) is 21.1. The minimum Gasteiger partial charge on any atom is -0.480 e. The van der Waals surface area contributed by atoms with Crippen LogP contribution in [0.1, 0.15) is 0 Å². The molecule has 94 valence electrons. The molecule has 0 unspecified atom stereocenters. The van der Waals surface area contributed by atoms with E-state index in [-0.39, 0.29) is 10.3 Å². The Morgan fingerprint density at radius 2 is 2.12 bits per heavy atom. The van der Waals surface area contributed by atoms with E-state index >= 15 is 0 Å². The molecule has 0 aliphatic heterocycles. The van der Waals surface area contributed by atoms with Gasteiger partial charge >= 0.3 is 18.1 Å². The Hall–Kier alpha value is -1.58. The van der Waals surface area contributed by atoms with E-state index in [2.05, 4.69) is 21.0 Å². The average Bonchev–Trinajstić information content (AvgIpc) is 2.47. The van der Waals surface area contributed by atoms with Gasteiger partial charge in [0, 0.05) is 0 Å². The lowest BCUT2D eigenvalue weighted by Crippen LogP contribution is -2.31. The van der Waals surface area contributed by atoms with Gasteiger partial charge < -0.3 is 10.4 Å². The third-order valence-electron chi connectivity index (χ3n) is 1.57. The van der Waals surface area contributed by atoms with Crippen LogP contribution in [-0.2, 0) is 16.1 Å². The molecule has 2 N–H and O–H groups in total. The van der Waals surface area contributed by atoms with Gasteiger partial charge in [-0.05, 0) is 15.9 Å². The zero-order chi connectivity index (χ0) is 13.2. The summed E-state index contributed by atoms with van der Waals surface area (Å²) in [5.74, 6) is -3.87. The summed E-state index contributed by atoms with van der Waals surface area (Å²) < 4.78 is 36.8. The van der Waals surface area contributed by atoms with Gasteiger partial charge in [0.05, 0.1) is 10.7 Å². The number of nitrogens with one attached hydrogen (secondary N) is 1. The van der Waals surface area contributed by atoms with Crippen molar-refractivity contribution in [3.8, 4) is 0 Å². The molecule has 1 heterocycles. The van der Waals surface area contributed by atoms with Crippen molar-refractivity contribution >= 4 is 33.6 Å². The molecule has 1 amide bonds. The zero-order valence-electron chi connectivity index (χ0n) is 7.95. The number of alkyl halides is 3. The molecule has 0 bridgehead atoms. The molecule has 6 nitrogen and oxygen atoms in total. The summed E-state index contributed by atoms with van der Waals surface area (Å²) in [7, 11) is 0. The molecule has 1 rings (SSSR count). The molecule has 1 aromatic heterocycles. The molecule has 0 radical (unpaired) electrons. The second-order valence-electron chi connectivity index (χ2n) is 2.84. The first-order valence-electron chi connectivity index (χ1n) is 4.03. The van der Waals surface area contributed by atoms with Crippen molar-refractivity contribution in [2.24, 2.45) is 0 Å². The van der Waals surface area contributed by atoms with E-state index in [0.29, 0.717) is 0 Å². The number of hydrogen-bond donors (Lipinski definition) is 2. The maximum atomic E-state index is 12.0. The zero-order valence-corrected chi connectivity index (χ0v) is 9.54. The van der Waals surface area contributed by atoms with E-state index in [1.54, 1.807) is 0 Å². The minimum atomic E-state index is -5.06. The van der Waals surface area contributed by atoms with Gasteiger partial charge in [0.2, 0.25) is 0 Å². The number of halogens is 4. The second kappa shape index (κ2) is 4.73. The number of carbonyl (C=O) groups is 2. The average molecular weight is 316 g/mol. The quantitative estimate of drug-likeness (QED) is 0.878. The van der Waals surface area contributed by atoms with E-state index in [1.807, 2.05) is 0 Å². The summed E-state index contributed by atoms with van der Waals surface area (Å²) in [6.45, 7) is -0.668. The van der Waals surface area contributed by atoms with Gasteiger partial charge in [0.25, 0.3) is 0 Å². The maximum Gasteiger partial charge on any atom is 0.471 e. The highest BCUT2D eigenvalue weighted by atomic mass is 79.9. The number of amides is 1. The molecule has 0 aromatic carbocycles. The Morgan fingerprint density at radius 1 is 1.53 bits per heavy atom. The van der Waals surface area contributed by atoms with Crippen LogP contribution in [0, 0.1) is 0 Å². The van der Waals surface area contributed by atoms with Crippen molar-refractivity contribution in [2.75, 3.05) is 5.32 Å². The largest absolute Gasteiger partial charge is 0.480 e. The van der Waals surface area contributed by atoms with Crippen LogP contribution < -0.4 is 5.32 Å². The molecule has 17 heavy (non-hydrogen) atoms. The summed E-state index contributed by atoms with van der Waals surface area (Å²) in [6, 6.07) is 0. The lowest BCUT2D eigenvalue weighted by Gasteiger charge is -2.09. The van der Waals surface area contributed by atoms with Gasteiger partial charge in [-0.25, -0.2) is 4.68 Å². The number of carboxylic acid groups (broad SMARTS) is 1. The predicted octanol–water partition coefficient (Wildman–Crippen LogP) is 1.23. The van der Waals surface area contributed by atoms with Crippen molar-refractivity contribution < 1.29 is 27.9 Å². The van der Waals surface area contributed by atoms with Gasteiger partial charge in [-0.2, -0.15) is 18.3 Å². The van der Waals surface area contributed by atoms with Crippen LogP contribution in [0.5, 0.6) is 0 Å². The van der Waals surface area contributed by atoms with Crippen LogP contribution in [0.25, 0.3) is 0 Å². The highest BCUT2D eigenvalue weighted by Crippen LogP contribution is 2.24. The molecule has 0 aliphatic carbocycles. The van der Waals surface area contributed by atoms with Crippen molar-refractivity contribution in [2.45, 2.75) is 12.7 Å². The van der Waals surface area contributed by atoms with Crippen molar-refractivity contribution in [3.05, 3.63) is 10.7 Å². The fraction of sp³-hybridized carbons (Fsp3) is 0.286. The molecule has 0 atom stereocenters. The van der Waals surface area contributed by atoms with Gasteiger partial charge in [0.15, 0.2) is 0 Å².